The molecule has 0 amide bonds. The van der Waals surface area contributed by atoms with E-state index in [4.69, 9.17) is 21.1 Å². The van der Waals surface area contributed by atoms with Crippen molar-refractivity contribution in [3.63, 3.8) is 0 Å². The zero-order chi connectivity index (χ0) is 14.7. The Morgan fingerprint density at radius 2 is 1.90 bits per heavy atom. The van der Waals surface area contributed by atoms with Crippen LogP contribution in [0, 0.1) is 0 Å². The Morgan fingerprint density at radius 3 is 2.50 bits per heavy atom. The number of alkyl halides is 1. The lowest BCUT2D eigenvalue weighted by Gasteiger charge is -2.21. The Hall–Kier alpha value is -1.68. The molecule has 4 nitrogen and oxygen atoms in total. The van der Waals surface area contributed by atoms with Crippen molar-refractivity contribution in [2.75, 3.05) is 32.7 Å². The van der Waals surface area contributed by atoms with Crippen molar-refractivity contribution >= 4 is 28.2 Å². The van der Waals surface area contributed by atoms with Gasteiger partial charge in [0.15, 0.2) is 11.5 Å². The lowest BCUT2D eigenvalue weighted by atomic mass is 10.1. The van der Waals surface area contributed by atoms with Crippen molar-refractivity contribution in [2.45, 2.75) is 12.3 Å². The van der Waals surface area contributed by atoms with E-state index in [0.717, 1.165) is 23.1 Å². The fourth-order valence-electron chi connectivity index (χ4n) is 2.25. The van der Waals surface area contributed by atoms with Crippen LogP contribution in [0.3, 0.4) is 0 Å². The lowest BCUT2D eigenvalue weighted by Crippen LogP contribution is -2.25. The molecule has 108 valence electrons. The first-order chi connectivity index (χ1) is 9.56. The molecule has 0 N–H and O–H groups in total. The van der Waals surface area contributed by atoms with Gasteiger partial charge in [-0.2, -0.15) is 0 Å². The number of halogens is 1. The molecule has 0 bridgehead atoms. The van der Waals surface area contributed by atoms with Gasteiger partial charge in [0.1, 0.15) is 5.82 Å². The lowest BCUT2D eigenvalue weighted by molar-refractivity contribution is 0.356. The van der Waals surface area contributed by atoms with Crippen LogP contribution in [-0.2, 0) is 0 Å². The van der Waals surface area contributed by atoms with E-state index in [-0.39, 0.29) is 5.38 Å². The molecule has 0 aliphatic heterocycles. The minimum Gasteiger partial charge on any atom is -0.493 e. The van der Waals surface area contributed by atoms with Crippen LogP contribution >= 0.6 is 11.6 Å². The van der Waals surface area contributed by atoms with Crippen LogP contribution in [0.25, 0.3) is 10.8 Å². The van der Waals surface area contributed by atoms with Gasteiger partial charge in [-0.15, -0.1) is 11.6 Å². The third-order valence-corrected chi connectivity index (χ3v) is 3.27. The van der Waals surface area contributed by atoms with E-state index in [1.807, 2.05) is 37.1 Å². The van der Waals surface area contributed by atoms with E-state index in [1.165, 1.54) is 0 Å². The molecule has 1 atom stereocenters. The molecular formula is C15H19ClN2O2. The summed E-state index contributed by atoms with van der Waals surface area (Å²) in [5.41, 5.74) is 0. The molecule has 0 fully saturated rings. The molecule has 0 saturated carbocycles. The Labute approximate surface area is 124 Å². The third-order valence-electron chi connectivity index (χ3n) is 3.13. The summed E-state index contributed by atoms with van der Waals surface area (Å²) in [4.78, 5) is 6.51. The molecule has 20 heavy (non-hydrogen) atoms. The molecule has 1 unspecified atom stereocenters. The summed E-state index contributed by atoms with van der Waals surface area (Å²) in [5, 5.41) is 2.13. The molecule has 2 aromatic rings. The van der Waals surface area contributed by atoms with Crippen molar-refractivity contribution < 1.29 is 9.47 Å². The number of benzene rings is 1. The quantitative estimate of drug-likeness (QED) is 0.793. The molecule has 1 aromatic heterocycles. The minimum atomic E-state index is 0.0530. The third kappa shape index (κ3) is 2.90. The van der Waals surface area contributed by atoms with Gasteiger partial charge >= 0.3 is 0 Å². The number of nitrogens with zero attached hydrogens (tertiary/aromatic N) is 2. The summed E-state index contributed by atoms with van der Waals surface area (Å²) >= 11 is 6.07. The Bertz CT molecular complexity index is 602. The van der Waals surface area contributed by atoms with Crippen molar-refractivity contribution in [1.29, 1.82) is 0 Å². The molecule has 0 aliphatic carbocycles. The average molecular weight is 295 g/mol. The average Bonchev–Trinajstić information content (AvgIpc) is 2.44. The standard InChI is InChI=1S/C15H19ClN2O2/c1-10(16)9-18(2)15-12-8-14(20-4)13(19-3)7-11(12)5-6-17-15/h5-8,10H,9H2,1-4H3. The van der Waals surface area contributed by atoms with Gasteiger partial charge in [0, 0.05) is 30.6 Å². The Kier molecular flexibility index (Phi) is 4.55. The smallest absolute Gasteiger partial charge is 0.161 e. The Morgan fingerprint density at radius 1 is 1.25 bits per heavy atom. The number of anilines is 1. The zero-order valence-electron chi connectivity index (χ0n) is 12.2. The fourth-order valence-corrected chi connectivity index (χ4v) is 2.46. The maximum Gasteiger partial charge on any atom is 0.161 e. The molecular weight excluding hydrogens is 276 g/mol. The molecule has 0 radical (unpaired) electrons. The SMILES string of the molecule is COc1cc2ccnc(N(C)CC(C)Cl)c2cc1OC. The molecule has 1 heterocycles. The first-order valence-electron chi connectivity index (χ1n) is 6.42. The zero-order valence-corrected chi connectivity index (χ0v) is 12.9. The number of pyridine rings is 1. The maximum absolute atomic E-state index is 6.07. The minimum absolute atomic E-state index is 0.0530. The van der Waals surface area contributed by atoms with Crippen LogP contribution in [0.2, 0.25) is 0 Å². The second kappa shape index (κ2) is 6.18. The van der Waals surface area contributed by atoms with Crippen molar-refractivity contribution in [3.8, 4) is 11.5 Å². The van der Waals surface area contributed by atoms with Crippen LogP contribution in [-0.4, -0.2) is 38.2 Å². The molecule has 0 aliphatic rings. The predicted molar refractivity (Wildman–Crippen MR) is 83.4 cm³/mol. The van der Waals surface area contributed by atoms with Crippen molar-refractivity contribution in [1.82, 2.24) is 4.98 Å². The number of hydrogen-bond acceptors (Lipinski definition) is 4. The van der Waals surface area contributed by atoms with Gasteiger partial charge in [-0.05, 0) is 30.5 Å². The first-order valence-corrected chi connectivity index (χ1v) is 6.86. The van der Waals surface area contributed by atoms with E-state index < -0.39 is 0 Å². The van der Waals surface area contributed by atoms with Crippen LogP contribution in [0.5, 0.6) is 11.5 Å². The molecule has 0 saturated heterocycles. The highest BCUT2D eigenvalue weighted by Gasteiger charge is 2.13. The number of methoxy groups -OCH3 is 2. The van der Waals surface area contributed by atoms with Gasteiger partial charge in [0.2, 0.25) is 0 Å². The van der Waals surface area contributed by atoms with Crippen LogP contribution in [0.1, 0.15) is 6.92 Å². The molecule has 5 heteroatoms. The molecule has 2 rings (SSSR count). The van der Waals surface area contributed by atoms with Crippen molar-refractivity contribution in [3.05, 3.63) is 24.4 Å². The van der Waals surface area contributed by atoms with Crippen LogP contribution < -0.4 is 14.4 Å². The summed E-state index contributed by atoms with van der Waals surface area (Å²) in [5.74, 6) is 2.29. The highest BCUT2D eigenvalue weighted by Crippen LogP contribution is 2.35. The molecule has 0 spiro atoms. The predicted octanol–water partition coefficient (Wildman–Crippen LogP) is 3.32. The van der Waals surface area contributed by atoms with Crippen LogP contribution in [0.4, 0.5) is 5.82 Å². The summed E-state index contributed by atoms with van der Waals surface area (Å²) in [6, 6.07) is 5.86. The van der Waals surface area contributed by atoms with Gasteiger partial charge in [0.25, 0.3) is 0 Å². The van der Waals surface area contributed by atoms with Gasteiger partial charge in [-0.1, -0.05) is 0 Å². The highest BCUT2D eigenvalue weighted by atomic mass is 35.5. The van der Waals surface area contributed by atoms with Gasteiger partial charge in [-0.3, -0.25) is 0 Å². The maximum atomic E-state index is 6.07. The second-order valence-corrected chi connectivity index (χ2v) is 5.47. The number of rotatable bonds is 5. The summed E-state index contributed by atoms with van der Waals surface area (Å²) in [6.45, 7) is 2.69. The summed E-state index contributed by atoms with van der Waals surface area (Å²) in [6.07, 6.45) is 1.79. The normalized spacial score (nSPS) is 12.2. The number of aromatic nitrogens is 1. The van der Waals surface area contributed by atoms with Crippen LogP contribution in [0.15, 0.2) is 24.4 Å². The number of fused-ring (bicyclic) bond motifs is 1. The summed E-state index contributed by atoms with van der Waals surface area (Å²) < 4.78 is 10.7. The van der Waals surface area contributed by atoms with Gasteiger partial charge in [-0.25, -0.2) is 4.98 Å². The largest absolute Gasteiger partial charge is 0.493 e. The van der Waals surface area contributed by atoms with E-state index >= 15 is 0 Å². The molecule has 1 aromatic carbocycles. The van der Waals surface area contributed by atoms with Crippen molar-refractivity contribution in [2.24, 2.45) is 0 Å². The topological polar surface area (TPSA) is 34.6 Å². The van der Waals surface area contributed by atoms with E-state index in [0.29, 0.717) is 11.5 Å². The first kappa shape index (κ1) is 14.7. The fraction of sp³-hybridized carbons (Fsp3) is 0.400. The number of hydrogen-bond donors (Lipinski definition) is 0. The van der Waals surface area contributed by atoms with E-state index in [2.05, 4.69) is 4.98 Å². The van der Waals surface area contributed by atoms with Gasteiger partial charge in [0.05, 0.1) is 14.2 Å². The highest BCUT2D eigenvalue weighted by molar-refractivity contribution is 6.20. The van der Waals surface area contributed by atoms with E-state index in [9.17, 15) is 0 Å². The van der Waals surface area contributed by atoms with E-state index in [1.54, 1.807) is 20.4 Å². The Balaban J connectivity index is 2.56. The summed E-state index contributed by atoms with van der Waals surface area (Å²) in [7, 11) is 5.24. The second-order valence-electron chi connectivity index (χ2n) is 4.72. The van der Waals surface area contributed by atoms with Gasteiger partial charge < -0.3 is 14.4 Å². The number of ether oxygens (including phenoxy) is 2. The monoisotopic (exact) mass is 294 g/mol.